The second kappa shape index (κ2) is 9.49. The summed E-state index contributed by atoms with van der Waals surface area (Å²) in [7, 11) is 0. The summed E-state index contributed by atoms with van der Waals surface area (Å²) in [5, 5.41) is 2.94. The van der Waals surface area contributed by atoms with Crippen molar-refractivity contribution in [2.75, 3.05) is 38.0 Å². The first kappa shape index (κ1) is 20.7. The van der Waals surface area contributed by atoms with Gasteiger partial charge in [-0.15, -0.1) is 0 Å². The molecule has 0 unspecified atom stereocenters. The van der Waals surface area contributed by atoms with E-state index in [9.17, 15) is 9.59 Å². The van der Waals surface area contributed by atoms with E-state index in [0.717, 1.165) is 5.56 Å². The Morgan fingerprint density at radius 1 is 0.968 bits per heavy atom. The van der Waals surface area contributed by atoms with E-state index in [2.05, 4.69) is 5.32 Å². The van der Waals surface area contributed by atoms with Gasteiger partial charge >= 0.3 is 0 Å². The van der Waals surface area contributed by atoms with Gasteiger partial charge in [-0.05, 0) is 43.3 Å². The highest BCUT2D eigenvalue weighted by Gasteiger charge is 2.24. The SMILES string of the molecule is Cc1ccc(Oc2ccccc2NC(=O)CN2CCN(C(=O)c3ccco3)CC2)cc1. The molecule has 0 bridgehead atoms. The van der Waals surface area contributed by atoms with Gasteiger partial charge in [-0.2, -0.15) is 0 Å². The summed E-state index contributed by atoms with van der Waals surface area (Å²) < 4.78 is 11.1. The normalized spacial score (nSPS) is 14.3. The van der Waals surface area contributed by atoms with Crippen LogP contribution in [0.4, 0.5) is 5.69 Å². The second-order valence-corrected chi connectivity index (χ2v) is 7.51. The van der Waals surface area contributed by atoms with Gasteiger partial charge in [0.25, 0.3) is 5.91 Å². The van der Waals surface area contributed by atoms with E-state index >= 15 is 0 Å². The van der Waals surface area contributed by atoms with Gasteiger partial charge in [-0.3, -0.25) is 14.5 Å². The lowest BCUT2D eigenvalue weighted by Crippen LogP contribution is -2.50. The third-order valence-electron chi connectivity index (χ3n) is 5.17. The fourth-order valence-corrected chi connectivity index (χ4v) is 3.45. The Labute approximate surface area is 181 Å². The molecule has 160 valence electrons. The predicted molar refractivity (Wildman–Crippen MR) is 117 cm³/mol. The largest absolute Gasteiger partial charge is 0.459 e. The highest BCUT2D eigenvalue weighted by Crippen LogP contribution is 2.29. The molecule has 7 heteroatoms. The first-order chi connectivity index (χ1) is 15.1. The van der Waals surface area contributed by atoms with E-state index < -0.39 is 0 Å². The monoisotopic (exact) mass is 419 g/mol. The topological polar surface area (TPSA) is 75.0 Å². The standard InChI is InChI=1S/C24H25N3O4/c1-18-8-10-19(11-9-18)31-21-6-3-2-5-20(21)25-23(28)17-26-12-14-27(15-13-26)24(29)22-7-4-16-30-22/h2-11,16H,12-15,17H2,1H3,(H,25,28). The average Bonchev–Trinajstić information content (AvgIpc) is 3.32. The predicted octanol–water partition coefficient (Wildman–Crippen LogP) is 3.78. The van der Waals surface area contributed by atoms with E-state index in [1.165, 1.54) is 6.26 Å². The van der Waals surface area contributed by atoms with E-state index in [1.807, 2.05) is 60.4 Å². The third-order valence-corrected chi connectivity index (χ3v) is 5.17. The summed E-state index contributed by atoms with van der Waals surface area (Å²) >= 11 is 0. The number of nitrogens with one attached hydrogen (secondary N) is 1. The minimum absolute atomic E-state index is 0.115. The Morgan fingerprint density at radius 3 is 2.42 bits per heavy atom. The van der Waals surface area contributed by atoms with Crippen molar-refractivity contribution in [2.24, 2.45) is 0 Å². The number of amides is 2. The lowest BCUT2D eigenvalue weighted by molar-refractivity contribution is -0.117. The summed E-state index contributed by atoms with van der Waals surface area (Å²) in [5.74, 6) is 1.41. The third kappa shape index (κ3) is 5.32. The van der Waals surface area contributed by atoms with Crippen LogP contribution in [0, 0.1) is 6.92 Å². The van der Waals surface area contributed by atoms with Crippen molar-refractivity contribution in [1.29, 1.82) is 0 Å². The minimum Gasteiger partial charge on any atom is -0.459 e. The number of para-hydroxylation sites is 2. The molecule has 0 atom stereocenters. The number of carbonyl (C=O) groups is 2. The average molecular weight is 419 g/mol. The number of nitrogens with zero attached hydrogens (tertiary/aromatic N) is 2. The lowest BCUT2D eigenvalue weighted by atomic mass is 10.2. The van der Waals surface area contributed by atoms with E-state index in [0.29, 0.717) is 49.1 Å². The highest BCUT2D eigenvalue weighted by molar-refractivity contribution is 5.94. The van der Waals surface area contributed by atoms with Crippen LogP contribution in [0.3, 0.4) is 0 Å². The van der Waals surface area contributed by atoms with E-state index in [-0.39, 0.29) is 18.4 Å². The maximum atomic E-state index is 12.6. The van der Waals surface area contributed by atoms with Crippen LogP contribution < -0.4 is 10.1 Å². The number of hydrogen-bond acceptors (Lipinski definition) is 5. The molecule has 4 rings (SSSR count). The van der Waals surface area contributed by atoms with Gasteiger partial charge in [0.2, 0.25) is 5.91 Å². The van der Waals surface area contributed by atoms with Crippen LogP contribution in [-0.4, -0.2) is 54.3 Å². The number of anilines is 1. The van der Waals surface area contributed by atoms with Gasteiger partial charge in [0.05, 0.1) is 18.5 Å². The molecule has 2 heterocycles. The Morgan fingerprint density at radius 2 is 1.71 bits per heavy atom. The maximum Gasteiger partial charge on any atom is 0.289 e. The molecule has 1 saturated heterocycles. The number of benzene rings is 2. The van der Waals surface area contributed by atoms with Gasteiger partial charge in [-0.25, -0.2) is 0 Å². The number of carbonyl (C=O) groups excluding carboxylic acids is 2. The quantitative estimate of drug-likeness (QED) is 0.658. The van der Waals surface area contributed by atoms with Crippen molar-refractivity contribution in [3.8, 4) is 11.5 Å². The van der Waals surface area contributed by atoms with Crippen molar-refractivity contribution < 1.29 is 18.7 Å². The van der Waals surface area contributed by atoms with Crippen LogP contribution in [-0.2, 0) is 4.79 Å². The van der Waals surface area contributed by atoms with Gasteiger partial charge in [-0.1, -0.05) is 29.8 Å². The molecule has 0 radical (unpaired) electrons. The van der Waals surface area contributed by atoms with Crippen LogP contribution in [0.1, 0.15) is 16.1 Å². The van der Waals surface area contributed by atoms with E-state index in [4.69, 9.17) is 9.15 Å². The molecule has 1 fully saturated rings. The van der Waals surface area contributed by atoms with Gasteiger partial charge in [0.1, 0.15) is 5.75 Å². The fourth-order valence-electron chi connectivity index (χ4n) is 3.45. The number of hydrogen-bond donors (Lipinski definition) is 1. The molecule has 1 aromatic heterocycles. The van der Waals surface area contributed by atoms with Crippen molar-refractivity contribution in [3.63, 3.8) is 0 Å². The van der Waals surface area contributed by atoms with Crippen LogP contribution in [0.15, 0.2) is 71.3 Å². The Kier molecular flexibility index (Phi) is 6.33. The van der Waals surface area contributed by atoms with Crippen LogP contribution >= 0.6 is 0 Å². The maximum absolute atomic E-state index is 12.6. The van der Waals surface area contributed by atoms with Crippen molar-refractivity contribution >= 4 is 17.5 Å². The molecule has 2 aromatic carbocycles. The summed E-state index contributed by atoms with van der Waals surface area (Å²) in [6.45, 7) is 4.63. The van der Waals surface area contributed by atoms with Gasteiger partial charge < -0.3 is 19.4 Å². The zero-order valence-electron chi connectivity index (χ0n) is 17.4. The summed E-state index contributed by atoms with van der Waals surface area (Å²) in [4.78, 5) is 28.8. The number of aryl methyl sites for hydroxylation is 1. The van der Waals surface area contributed by atoms with Crippen molar-refractivity contribution in [2.45, 2.75) is 6.92 Å². The van der Waals surface area contributed by atoms with Gasteiger partial charge in [0, 0.05) is 26.2 Å². The lowest BCUT2D eigenvalue weighted by Gasteiger charge is -2.33. The van der Waals surface area contributed by atoms with Crippen LogP contribution in [0.25, 0.3) is 0 Å². The summed E-state index contributed by atoms with van der Waals surface area (Å²) in [5.41, 5.74) is 1.78. The number of piperazine rings is 1. The molecule has 0 spiro atoms. The minimum atomic E-state index is -0.120. The smallest absolute Gasteiger partial charge is 0.289 e. The molecule has 7 nitrogen and oxygen atoms in total. The van der Waals surface area contributed by atoms with E-state index in [1.54, 1.807) is 17.0 Å². The molecular weight excluding hydrogens is 394 g/mol. The molecule has 1 aliphatic heterocycles. The molecule has 0 aliphatic carbocycles. The number of rotatable bonds is 6. The highest BCUT2D eigenvalue weighted by atomic mass is 16.5. The Hall–Kier alpha value is -3.58. The van der Waals surface area contributed by atoms with Crippen molar-refractivity contribution in [1.82, 2.24) is 9.80 Å². The molecule has 31 heavy (non-hydrogen) atoms. The first-order valence-corrected chi connectivity index (χ1v) is 10.3. The molecule has 0 saturated carbocycles. The van der Waals surface area contributed by atoms with Crippen LogP contribution in [0.2, 0.25) is 0 Å². The summed E-state index contributed by atoms with van der Waals surface area (Å²) in [6, 6.07) is 18.5. The molecule has 1 N–H and O–H groups in total. The molecule has 1 aliphatic rings. The number of furan rings is 1. The first-order valence-electron chi connectivity index (χ1n) is 10.3. The number of ether oxygens (including phenoxy) is 1. The summed E-state index contributed by atoms with van der Waals surface area (Å²) in [6.07, 6.45) is 1.49. The zero-order chi connectivity index (χ0) is 21.6. The Bertz CT molecular complexity index is 1020. The molecular formula is C24H25N3O4. The Balaban J connectivity index is 1.30. The van der Waals surface area contributed by atoms with Crippen LogP contribution in [0.5, 0.6) is 11.5 Å². The van der Waals surface area contributed by atoms with Crippen molar-refractivity contribution in [3.05, 3.63) is 78.3 Å². The van der Waals surface area contributed by atoms with Gasteiger partial charge in [0.15, 0.2) is 11.5 Å². The fraction of sp³-hybridized carbons (Fsp3) is 0.250. The zero-order valence-corrected chi connectivity index (χ0v) is 17.4. The second-order valence-electron chi connectivity index (χ2n) is 7.51. The molecule has 2 amide bonds. The molecule has 3 aromatic rings.